The zero-order chi connectivity index (χ0) is 18.0. The lowest BCUT2D eigenvalue weighted by Crippen LogP contribution is -2.30. The third kappa shape index (κ3) is 4.00. The second kappa shape index (κ2) is 7.25. The smallest absolute Gasteiger partial charge is 0.324 e. The third-order valence-electron chi connectivity index (χ3n) is 3.64. The molecule has 2 aromatic rings. The molecule has 128 valence electrons. The number of hydrogen-bond donors (Lipinski definition) is 2. The van der Waals surface area contributed by atoms with Gasteiger partial charge in [0.15, 0.2) is 0 Å². The molecule has 1 aliphatic heterocycles. The highest BCUT2D eigenvalue weighted by atomic mass is 79.9. The summed E-state index contributed by atoms with van der Waals surface area (Å²) in [5, 5.41) is 5.57. The molecule has 0 saturated carbocycles. The highest BCUT2D eigenvalue weighted by Gasteiger charge is 2.28. The number of amides is 4. The van der Waals surface area contributed by atoms with E-state index < -0.39 is 6.03 Å². The minimum Gasteiger partial charge on any atom is -0.329 e. The molecular weight excluding hydrogens is 410 g/mol. The number of urea groups is 1. The fourth-order valence-corrected chi connectivity index (χ4v) is 3.18. The van der Waals surface area contributed by atoms with Crippen LogP contribution in [-0.2, 0) is 11.3 Å². The molecule has 2 N–H and O–H groups in total. The van der Waals surface area contributed by atoms with E-state index in [-0.39, 0.29) is 24.9 Å². The number of hydrogen-bond acceptors (Lipinski definition) is 3. The predicted octanol–water partition coefficient (Wildman–Crippen LogP) is 3.41. The molecule has 0 atom stereocenters. The van der Waals surface area contributed by atoms with Crippen LogP contribution in [0.2, 0.25) is 5.02 Å². The lowest BCUT2D eigenvalue weighted by atomic mass is 10.1. The van der Waals surface area contributed by atoms with Gasteiger partial charge in [-0.05, 0) is 35.9 Å². The summed E-state index contributed by atoms with van der Waals surface area (Å²) >= 11 is 9.38. The summed E-state index contributed by atoms with van der Waals surface area (Å²) in [6.45, 7) is 0.157. The van der Waals surface area contributed by atoms with Crippen molar-refractivity contribution in [1.29, 1.82) is 0 Å². The van der Waals surface area contributed by atoms with Crippen molar-refractivity contribution in [2.75, 3.05) is 11.9 Å². The Morgan fingerprint density at radius 1 is 1.24 bits per heavy atom. The van der Waals surface area contributed by atoms with Crippen molar-refractivity contribution in [3.8, 4) is 0 Å². The molecule has 1 saturated heterocycles. The van der Waals surface area contributed by atoms with Gasteiger partial charge in [0.2, 0.25) is 5.91 Å². The minimum atomic E-state index is -0.416. The monoisotopic (exact) mass is 421 g/mol. The quantitative estimate of drug-likeness (QED) is 0.741. The van der Waals surface area contributed by atoms with E-state index in [9.17, 15) is 14.4 Å². The summed E-state index contributed by atoms with van der Waals surface area (Å²) in [5.74, 6) is -0.620. The first-order valence-electron chi connectivity index (χ1n) is 7.37. The Balaban J connectivity index is 1.74. The Kier molecular flexibility index (Phi) is 5.06. The number of nitrogens with zero attached hydrogens (tertiary/aromatic N) is 1. The van der Waals surface area contributed by atoms with Crippen LogP contribution in [-0.4, -0.2) is 29.3 Å². The van der Waals surface area contributed by atoms with Crippen molar-refractivity contribution in [3.05, 3.63) is 63.1 Å². The first-order chi connectivity index (χ1) is 11.9. The van der Waals surface area contributed by atoms with Gasteiger partial charge in [-0.25, -0.2) is 4.79 Å². The molecule has 1 aliphatic rings. The van der Waals surface area contributed by atoms with Crippen molar-refractivity contribution >= 4 is 51.1 Å². The molecule has 8 heteroatoms. The van der Waals surface area contributed by atoms with Gasteiger partial charge < -0.3 is 10.6 Å². The Hall–Kier alpha value is -2.38. The molecule has 6 nitrogen and oxygen atoms in total. The van der Waals surface area contributed by atoms with E-state index in [1.807, 2.05) is 0 Å². The van der Waals surface area contributed by atoms with E-state index >= 15 is 0 Å². The largest absolute Gasteiger partial charge is 0.329 e. The maximum atomic E-state index is 12.4. The summed E-state index contributed by atoms with van der Waals surface area (Å²) in [4.78, 5) is 36.8. The molecule has 1 heterocycles. The van der Waals surface area contributed by atoms with Crippen LogP contribution in [0.5, 0.6) is 0 Å². The topological polar surface area (TPSA) is 78.5 Å². The highest BCUT2D eigenvalue weighted by molar-refractivity contribution is 9.10. The zero-order valence-corrected chi connectivity index (χ0v) is 15.2. The van der Waals surface area contributed by atoms with E-state index in [0.717, 1.165) is 14.9 Å². The molecule has 4 amide bonds. The summed E-state index contributed by atoms with van der Waals surface area (Å²) < 4.78 is 0.782. The molecule has 25 heavy (non-hydrogen) atoms. The Morgan fingerprint density at radius 3 is 2.72 bits per heavy atom. The van der Waals surface area contributed by atoms with Gasteiger partial charge in [-0.2, -0.15) is 0 Å². The minimum absolute atomic E-state index is 0.0112. The van der Waals surface area contributed by atoms with E-state index in [2.05, 4.69) is 26.6 Å². The second-order valence-corrected chi connectivity index (χ2v) is 6.74. The van der Waals surface area contributed by atoms with Crippen molar-refractivity contribution in [3.63, 3.8) is 0 Å². The first-order valence-corrected chi connectivity index (χ1v) is 8.54. The van der Waals surface area contributed by atoms with Crippen molar-refractivity contribution in [2.24, 2.45) is 0 Å². The van der Waals surface area contributed by atoms with E-state index in [4.69, 9.17) is 11.6 Å². The number of anilines is 1. The van der Waals surface area contributed by atoms with Crippen LogP contribution in [0.4, 0.5) is 10.5 Å². The molecule has 3 rings (SSSR count). The van der Waals surface area contributed by atoms with Crippen LogP contribution in [0.3, 0.4) is 0 Å². The van der Waals surface area contributed by atoms with Crippen LogP contribution < -0.4 is 10.6 Å². The van der Waals surface area contributed by atoms with Gasteiger partial charge in [0.1, 0.15) is 0 Å². The first kappa shape index (κ1) is 17.4. The zero-order valence-electron chi connectivity index (χ0n) is 12.9. The third-order valence-corrected chi connectivity index (χ3v) is 4.44. The van der Waals surface area contributed by atoms with Gasteiger partial charge in [0.05, 0.1) is 23.7 Å². The summed E-state index contributed by atoms with van der Waals surface area (Å²) in [6.07, 6.45) is 0. The van der Waals surface area contributed by atoms with E-state index in [1.54, 1.807) is 42.5 Å². The van der Waals surface area contributed by atoms with Gasteiger partial charge >= 0.3 is 6.03 Å². The molecule has 0 spiro atoms. The number of carbonyl (C=O) groups excluding carboxylic acids is 3. The van der Waals surface area contributed by atoms with Crippen LogP contribution in [0.1, 0.15) is 15.9 Å². The summed E-state index contributed by atoms with van der Waals surface area (Å²) in [7, 11) is 0. The van der Waals surface area contributed by atoms with Gasteiger partial charge in [-0.15, -0.1) is 0 Å². The lowest BCUT2D eigenvalue weighted by Gasteiger charge is -2.13. The Morgan fingerprint density at radius 2 is 2.04 bits per heavy atom. The maximum Gasteiger partial charge on any atom is 0.324 e. The number of halogens is 2. The van der Waals surface area contributed by atoms with Gasteiger partial charge in [-0.1, -0.05) is 39.7 Å². The highest BCUT2D eigenvalue weighted by Crippen LogP contribution is 2.23. The summed E-state index contributed by atoms with van der Waals surface area (Å²) in [5.41, 5.74) is 1.63. The van der Waals surface area contributed by atoms with Crippen LogP contribution >= 0.6 is 27.5 Å². The number of carbonyl (C=O) groups is 3. The molecule has 0 aromatic heterocycles. The fraction of sp³-hybridized carbons (Fsp3) is 0.118. The van der Waals surface area contributed by atoms with Crippen LogP contribution in [0.15, 0.2) is 46.9 Å². The van der Waals surface area contributed by atoms with Crippen molar-refractivity contribution in [1.82, 2.24) is 10.2 Å². The normalized spacial score (nSPS) is 13.8. The predicted molar refractivity (Wildman–Crippen MR) is 97.5 cm³/mol. The second-order valence-electron chi connectivity index (χ2n) is 5.42. The summed E-state index contributed by atoms with van der Waals surface area (Å²) in [6, 6.07) is 11.5. The Bertz CT molecular complexity index is 856. The van der Waals surface area contributed by atoms with Gasteiger partial charge in [0, 0.05) is 10.2 Å². The van der Waals surface area contributed by atoms with Gasteiger partial charge in [-0.3, -0.25) is 14.5 Å². The molecule has 0 unspecified atom stereocenters. The van der Waals surface area contributed by atoms with E-state index in [1.165, 1.54) is 0 Å². The molecule has 2 aromatic carbocycles. The molecule has 0 radical (unpaired) electrons. The standard InChI is InChI=1S/C17H13BrClN3O3/c18-11-4-5-13(14(19)7-11)16(24)21-12-3-1-2-10(6-12)9-22-15(23)8-20-17(22)25/h1-7H,8-9H2,(H,20,25)(H,21,24). The van der Waals surface area contributed by atoms with Crippen LogP contribution in [0.25, 0.3) is 0 Å². The number of rotatable bonds is 4. The maximum absolute atomic E-state index is 12.4. The van der Waals surface area contributed by atoms with Crippen molar-refractivity contribution < 1.29 is 14.4 Å². The van der Waals surface area contributed by atoms with Crippen LogP contribution in [0, 0.1) is 0 Å². The Labute approximate surface area is 157 Å². The molecular formula is C17H13BrClN3O3. The number of nitrogens with one attached hydrogen (secondary N) is 2. The number of benzene rings is 2. The molecule has 0 bridgehead atoms. The fourth-order valence-electron chi connectivity index (χ4n) is 2.42. The molecule has 1 fully saturated rings. The lowest BCUT2D eigenvalue weighted by molar-refractivity contribution is -0.125. The average molecular weight is 423 g/mol. The SMILES string of the molecule is O=C(Nc1cccc(CN2C(=O)CNC2=O)c1)c1ccc(Br)cc1Cl. The number of imide groups is 1. The average Bonchev–Trinajstić information content (AvgIpc) is 2.87. The van der Waals surface area contributed by atoms with Crippen molar-refractivity contribution in [2.45, 2.75) is 6.54 Å². The van der Waals surface area contributed by atoms with Gasteiger partial charge in [0.25, 0.3) is 5.91 Å². The molecule has 0 aliphatic carbocycles. The van der Waals surface area contributed by atoms with E-state index in [0.29, 0.717) is 16.3 Å².